The molecular weight excluding hydrogens is 837 g/mol. The van der Waals surface area contributed by atoms with Crippen LogP contribution in [0.3, 0.4) is 0 Å². The molecule has 338 valence electrons. The van der Waals surface area contributed by atoms with E-state index in [0.29, 0.717) is 11.8 Å². The molecule has 9 aromatic rings. The van der Waals surface area contributed by atoms with Crippen molar-refractivity contribution in [2.24, 2.45) is 11.8 Å². The van der Waals surface area contributed by atoms with Gasteiger partial charge in [0.1, 0.15) is 0 Å². The lowest BCUT2D eigenvalue weighted by Crippen LogP contribution is -2.20. The summed E-state index contributed by atoms with van der Waals surface area (Å²) in [5.41, 5.74) is 19.4. The first kappa shape index (κ1) is 44.5. The molecule has 0 spiro atoms. The van der Waals surface area contributed by atoms with E-state index in [1.165, 1.54) is 22.4 Å². The summed E-state index contributed by atoms with van der Waals surface area (Å²) in [6.07, 6.45) is 7.00. The minimum atomic E-state index is 0.450. The van der Waals surface area contributed by atoms with E-state index in [1.807, 2.05) is 0 Å². The summed E-state index contributed by atoms with van der Waals surface area (Å²) < 4.78 is 0. The van der Waals surface area contributed by atoms with Gasteiger partial charge in [-0.1, -0.05) is 140 Å². The Morgan fingerprint density at radius 1 is 0.261 bits per heavy atom. The quantitative estimate of drug-likeness (QED) is 0.114. The fourth-order valence-electron chi connectivity index (χ4n) is 9.18. The summed E-state index contributed by atoms with van der Waals surface area (Å²) in [4.78, 5) is 9.35. The molecule has 1 aliphatic carbocycles. The Morgan fingerprint density at radius 3 is 0.797 bits per heavy atom. The zero-order valence-electron chi connectivity index (χ0n) is 40.1. The van der Waals surface area contributed by atoms with Crippen molar-refractivity contribution in [2.45, 2.75) is 34.6 Å². The maximum atomic E-state index is 2.40. The van der Waals surface area contributed by atoms with Crippen LogP contribution in [-0.4, -0.2) is 0 Å². The number of allylic oxidation sites excluding steroid dienone is 3. The zero-order valence-corrected chi connectivity index (χ0v) is 40.1. The van der Waals surface area contributed by atoms with Gasteiger partial charge in [0.2, 0.25) is 0 Å². The lowest BCUT2D eigenvalue weighted by atomic mass is 9.90. The summed E-state index contributed by atoms with van der Waals surface area (Å²) >= 11 is 0. The molecule has 0 aromatic heterocycles. The highest BCUT2D eigenvalue weighted by atomic mass is 15.2. The molecule has 0 fully saturated rings. The highest BCUT2D eigenvalue weighted by molar-refractivity contribution is 5.84. The lowest BCUT2D eigenvalue weighted by molar-refractivity contribution is 0.547. The smallest absolute Gasteiger partial charge is 0.0463 e. The van der Waals surface area contributed by atoms with Gasteiger partial charge in [0.25, 0.3) is 0 Å². The highest BCUT2D eigenvalue weighted by Gasteiger charge is 2.21. The van der Waals surface area contributed by atoms with E-state index in [0.717, 1.165) is 73.7 Å². The van der Waals surface area contributed by atoms with E-state index in [1.54, 1.807) is 0 Å². The van der Waals surface area contributed by atoms with E-state index in [2.05, 4.69) is 303 Å². The van der Waals surface area contributed by atoms with Gasteiger partial charge in [-0.05, 0) is 183 Å². The Bertz CT molecular complexity index is 3110. The van der Waals surface area contributed by atoms with Gasteiger partial charge in [-0.3, -0.25) is 0 Å². The maximum absolute atomic E-state index is 2.40. The average Bonchev–Trinajstić information content (AvgIpc) is 3.39. The number of rotatable bonds is 13. The molecule has 10 rings (SSSR count). The van der Waals surface area contributed by atoms with Crippen molar-refractivity contribution in [3.05, 3.63) is 271 Å². The second-order valence-corrected chi connectivity index (χ2v) is 18.3. The fraction of sp³-hybridized carbons (Fsp3) is 0.108. The molecule has 0 aliphatic heterocycles. The molecule has 0 amide bonds. The van der Waals surface area contributed by atoms with E-state index >= 15 is 0 Å². The maximum Gasteiger partial charge on any atom is 0.0463 e. The summed E-state index contributed by atoms with van der Waals surface area (Å²) in [6.45, 7) is 11.0. The van der Waals surface area contributed by atoms with Gasteiger partial charge in [-0.2, -0.15) is 0 Å². The van der Waals surface area contributed by atoms with Crippen LogP contribution in [0.15, 0.2) is 254 Å². The van der Waals surface area contributed by atoms with Gasteiger partial charge in [0, 0.05) is 68.3 Å². The van der Waals surface area contributed by atoms with Crippen LogP contribution in [0.1, 0.15) is 30.5 Å². The predicted molar refractivity (Wildman–Crippen MR) is 294 cm³/mol. The Labute approximate surface area is 409 Å². The van der Waals surface area contributed by atoms with Gasteiger partial charge >= 0.3 is 0 Å². The second kappa shape index (κ2) is 19.9. The Kier molecular flexibility index (Phi) is 12.8. The molecule has 0 heterocycles. The van der Waals surface area contributed by atoms with Crippen molar-refractivity contribution < 1.29 is 0 Å². The van der Waals surface area contributed by atoms with Gasteiger partial charge in [-0.15, -0.1) is 0 Å². The van der Waals surface area contributed by atoms with E-state index in [-0.39, 0.29) is 0 Å². The van der Waals surface area contributed by atoms with E-state index in [4.69, 9.17) is 0 Å². The molecule has 69 heavy (non-hydrogen) atoms. The molecule has 4 nitrogen and oxygen atoms in total. The van der Waals surface area contributed by atoms with Crippen molar-refractivity contribution >= 4 is 62.6 Å². The van der Waals surface area contributed by atoms with Gasteiger partial charge in [0.05, 0.1) is 0 Å². The molecular formula is C65H58N4. The third-order valence-corrected chi connectivity index (χ3v) is 13.3. The topological polar surface area (TPSA) is 13.0 Å². The van der Waals surface area contributed by atoms with Crippen molar-refractivity contribution in [2.75, 3.05) is 19.6 Å². The number of nitrogens with zero attached hydrogens (tertiary/aromatic N) is 4. The van der Waals surface area contributed by atoms with Crippen molar-refractivity contribution in [1.82, 2.24) is 0 Å². The van der Waals surface area contributed by atoms with E-state index in [9.17, 15) is 0 Å². The number of hydrogen-bond acceptors (Lipinski definition) is 4. The van der Waals surface area contributed by atoms with Gasteiger partial charge in [0.15, 0.2) is 0 Å². The number of hydrogen-bond donors (Lipinski definition) is 0. The minimum Gasteiger partial charge on any atom is -0.311 e. The first-order chi connectivity index (χ1) is 33.8. The molecule has 2 atom stereocenters. The monoisotopic (exact) mass is 894 g/mol. The lowest BCUT2D eigenvalue weighted by Gasteiger charge is -2.31. The summed E-state index contributed by atoms with van der Waals surface area (Å²) in [7, 11) is 0. The first-order valence-electron chi connectivity index (χ1n) is 24.1. The molecule has 0 saturated carbocycles. The van der Waals surface area contributed by atoms with Crippen molar-refractivity contribution in [3.63, 3.8) is 0 Å². The Balaban J connectivity index is 0.931. The van der Waals surface area contributed by atoms with Crippen molar-refractivity contribution in [3.8, 4) is 11.1 Å². The predicted octanol–water partition coefficient (Wildman–Crippen LogP) is 18.6. The third kappa shape index (κ3) is 9.75. The SMILES string of the molecule is Cc1ccc(N(C2=C[C@@H](C)C(C)C=C2)c2ccc(N(c3ccccc3)c3ccc(-c4ccc(N(c5ccccc5)c5ccc(N(c6ccc(C)cc6)c6ccc(C)cc6)cc5)cc4)cc3)cc2)cc1. The molecule has 4 heteroatoms. The molecule has 0 N–H and O–H groups in total. The summed E-state index contributed by atoms with van der Waals surface area (Å²) in [6, 6.07) is 83.3. The first-order valence-corrected chi connectivity index (χ1v) is 24.1. The molecule has 0 saturated heterocycles. The number of anilines is 11. The van der Waals surface area contributed by atoms with Gasteiger partial charge in [-0.25, -0.2) is 0 Å². The standard InChI is InChI=1S/C65H58N4/c1-47-16-27-56(28-17-47)68(57-29-18-48(2)19-30-57)63-40-38-61(39-41-63)66(54-12-8-6-9-13-54)59-34-23-52(24-35-59)53-25-36-60(37-26-53)67(55-14-10-7-11-15-55)62-42-44-64(45-43-62)69(58-31-20-49(3)21-32-58)65-33-22-50(4)51(5)46-65/h6-46,50-51H,1-5H3/t50?,51-/m1/s1. The van der Waals surface area contributed by atoms with Crippen LogP contribution in [-0.2, 0) is 0 Å². The Hall–Kier alpha value is -8.34. The molecule has 1 unspecified atom stereocenters. The van der Waals surface area contributed by atoms with E-state index < -0.39 is 0 Å². The van der Waals surface area contributed by atoms with Crippen LogP contribution in [0.25, 0.3) is 11.1 Å². The number of para-hydroxylation sites is 2. The zero-order chi connectivity index (χ0) is 47.3. The van der Waals surface area contributed by atoms with Crippen LogP contribution in [0.5, 0.6) is 0 Å². The van der Waals surface area contributed by atoms with Crippen LogP contribution >= 0.6 is 0 Å². The number of aryl methyl sites for hydroxylation is 3. The van der Waals surface area contributed by atoms with Crippen LogP contribution in [0, 0.1) is 32.6 Å². The third-order valence-electron chi connectivity index (χ3n) is 13.3. The largest absolute Gasteiger partial charge is 0.311 e. The summed E-state index contributed by atoms with van der Waals surface area (Å²) in [5, 5.41) is 0. The Morgan fingerprint density at radius 2 is 0.507 bits per heavy atom. The van der Waals surface area contributed by atoms with Crippen LogP contribution in [0.2, 0.25) is 0 Å². The van der Waals surface area contributed by atoms with Crippen molar-refractivity contribution in [1.29, 1.82) is 0 Å². The minimum absolute atomic E-state index is 0.450. The van der Waals surface area contributed by atoms with Crippen LogP contribution in [0.4, 0.5) is 62.6 Å². The summed E-state index contributed by atoms with van der Waals surface area (Å²) in [5.74, 6) is 0.958. The van der Waals surface area contributed by atoms with Gasteiger partial charge < -0.3 is 19.6 Å². The second-order valence-electron chi connectivity index (χ2n) is 18.3. The average molecular weight is 895 g/mol. The molecule has 0 radical (unpaired) electrons. The molecule has 0 bridgehead atoms. The highest BCUT2D eigenvalue weighted by Crippen LogP contribution is 2.42. The molecule has 1 aliphatic rings. The number of benzene rings is 9. The fourth-order valence-corrected chi connectivity index (χ4v) is 9.18. The van der Waals surface area contributed by atoms with Crippen LogP contribution < -0.4 is 19.6 Å². The normalized spacial score (nSPS) is 14.2. The molecule has 9 aromatic carbocycles.